The number of fused-ring (bicyclic) bond motifs is 5. The van der Waals surface area contributed by atoms with Gasteiger partial charge >= 0.3 is 5.97 Å². The van der Waals surface area contributed by atoms with Crippen LogP contribution in [0.2, 0.25) is 0 Å². The zero-order valence-corrected chi connectivity index (χ0v) is 8.76. The monoisotopic (exact) mass is 223 g/mol. The Labute approximate surface area is 87.7 Å². The minimum Gasteiger partial charge on any atom is -0.478 e. The first-order chi connectivity index (χ1) is 7.22. The summed E-state index contributed by atoms with van der Waals surface area (Å²) in [5.41, 5.74) is 1.27. The van der Waals surface area contributed by atoms with Crippen molar-refractivity contribution in [3.05, 3.63) is 23.5 Å². The molecule has 1 aliphatic carbocycles. The van der Waals surface area contributed by atoms with Crippen molar-refractivity contribution in [1.82, 2.24) is 0 Å². The maximum absolute atomic E-state index is 11.0. The number of carbonyl (C=O) groups is 1. The van der Waals surface area contributed by atoms with Gasteiger partial charge in [0, 0.05) is 11.3 Å². The second-order valence-corrected chi connectivity index (χ2v) is 6.45. The van der Waals surface area contributed by atoms with E-state index in [0.29, 0.717) is 17.3 Å². The molecular weight excluding hydrogens is 213 g/mol. The average Bonchev–Trinajstić information content (AvgIpc) is 2.87. The summed E-state index contributed by atoms with van der Waals surface area (Å²) in [6.07, 6.45) is 5.42. The summed E-state index contributed by atoms with van der Waals surface area (Å²) >= 11 is 0. The van der Waals surface area contributed by atoms with Crippen LogP contribution in [-0.2, 0) is 4.79 Å². The Morgan fingerprint density at radius 3 is 3.00 bits per heavy atom. The Bertz CT molecular complexity index is 426. The van der Waals surface area contributed by atoms with Crippen LogP contribution in [0.5, 0.6) is 0 Å². The van der Waals surface area contributed by atoms with Crippen molar-refractivity contribution in [3.63, 3.8) is 0 Å². The molecule has 3 aliphatic rings. The summed E-state index contributed by atoms with van der Waals surface area (Å²) in [4.78, 5) is 11.0. The quantitative estimate of drug-likeness (QED) is 0.307. The fourth-order valence-corrected chi connectivity index (χ4v) is 5.99. The van der Waals surface area contributed by atoms with Gasteiger partial charge in [-0.25, -0.2) is 4.79 Å². The predicted octanol–water partition coefficient (Wildman–Crippen LogP) is 1.61. The lowest BCUT2D eigenvalue weighted by Gasteiger charge is -2.19. The summed E-state index contributed by atoms with van der Waals surface area (Å²) in [5, 5.41) is 21.1. The van der Waals surface area contributed by atoms with Gasteiger partial charge in [-0.3, -0.25) is 0 Å². The van der Waals surface area contributed by atoms with E-state index in [1.165, 1.54) is 0 Å². The van der Waals surface area contributed by atoms with Crippen molar-refractivity contribution in [2.75, 3.05) is 0 Å². The fourth-order valence-electron chi connectivity index (χ4n) is 2.76. The van der Waals surface area contributed by atoms with E-state index in [0.717, 1.165) is 6.42 Å². The first-order valence-electron chi connectivity index (χ1n) is 4.85. The summed E-state index contributed by atoms with van der Waals surface area (Å²) in [6, 6.07) is 0. The normalized spacial score (nSPS) is 43.5. The van der Waals surface area contributed by atoms with Gasteiger partial charge in [-0.05, 0) is 18.2 Å². The molecule has 78 valence electrons. The lowest BCUT2D eigenvalue weighted by molar-refractivity contribution is -0.132. The number of carboxylic acid groups (broad SMARTS) is 1. The van der Waals surface area contributed by atoms with E-state index in [2.05, 4.69) is 17.3 Å². The van der Waals surface area contributed by atoms with E-state index in [1.807, 2.05) is 5.82 Å². The zero-order chi connectivity index (χ0) is 10.6. The van der Waals surface area contributed by atoms with Crippen LogP contribution in [0.3, 0.4) is 0 Å². The van der Waals surface area contributed by atoms with Crippen LogP contribution in [-0.4, -0.2) is 33.3 Å². The Hall–Kier alpha value is -1.15. The molecule has 2 bridgehead atoms. The second kappa shape index (κ2) is 2.92. The third kappa shape index (κ3) is 1.06. The van der Waals surface area contributed by atoms with Gasteiger partial charge in [-0.2, -0.15) is 0 Å². The zero-order valence-electron chi connectivity index (χ0n) is 7.87. The maximum Gasteiger partial charge on any atom is 0.337 e. The standard InChI is InChI=1S/C10H10NO3P/c12-10(13)7-4-15-6-2-1-5(3-6)9(15)8(7)11-14/h1-2,4-6,9,14H,3H2,(H,12,13)/b11-8+. The molecule has 0 saturated carbocycles. The smallest absolute Gasteiger partial charge is 0.337 e. The van der Waals surface area contributed by atoms with Gasteiger partial charge in [0.1, 0.15) is 5.71 Å². The molecule has 1 saturated heterocycles. The molecule has 0 spiro atoms. The third-order valence-electron chi connectivity index (χ3n) is 3.38. The summed E-state index contributed by atoms with van der Waals surface area (Å²) in [5.74, 6) is 1.24. The van der Waals surface area contributed by atoms with Crippen LogP contribution < -0.4 is 0 Å². The van der Waals surface area contributed by atoms with Crippen molar-refractivity contribution in [2.45, 2.75) is 17.7 Å². The number of nitrogens with zero attached hydrogens (tertiary/aromatic N) is 1. The van der Waals surface area contributed by atoms with Gasteiger partial charge in [-0.1, -0.05) is 25.2 Å². The van der Waals surface area contributed by atoms with Crippen LogP contribution in [0.1, 0.15) is 6.42 Å². The lowest BCUT2D eigenvalue weighted by Crippen LogP contribution is -2.23. The maximum atomic E-state index is 11.0. The lowest BCUT2D eigenvalue weighted by atomic mass is 9.98. The molecule has 2 aliphatic heterocycles. The van der Waals surface area contributed by atoms with Gasteiger partial charge in [0.05, 0.1) is 5.57 Å². The number of aliphatic carboxylic acids is 1. The first kappa shape index (κ1) is 9.10. The highest BCUT2D eigenvalue weighted by atomic mass is 31.1. The summed E-state index contributed by atoms with van der Waals surface area (Å²) in [6.45, 7) is 0. The van der Waals surface area contributed by atoms with E-state index < -0.39 is 13.9 Å². The molecule has 0 radical (unpaired) electrons. The fraction of sp³-hybridized carbons (Fsp3) is 0.400. The van der Waals surface area contributed by atoms with Crippen molar-refractivity contribution in [3.8, 4) is 0 Å². The average molecular weight is 223 g/mol. The van der Waals surface area contributed by atoms with Crippen LogP contribution >= 0.6 is 7.92 Å². The van der Waals surface area contributed by atoms with E-state index in [4.69, 9.17) is 10.3 Å². The Balaban J connectivity index is 2.05. The number of oxime groups is 1. The number of hydrogen-bond donors (Lipinski definition) is 2. The van der Waals surface area contributed by atoms with Crippen LogP contribution in [0.15, 0.2) is 28.7 Å². The second-order valence-electron chi connectivity index (χ2n) is 4.08. The molecule has 2 N–H and O–H groups in total. The Kier molecular flexibility index (Phi) is 1.77. The van der Waals surface area contributed by atoms with Crippen molar-refractivity contribution in [2.24, 2.45) is 11.1 Å². The SMILES string of the molecule is O=C(O)C1=CP2C3C=CC(C3)C2/C1=N/O. The number of carboxylic acids is 1. The topological polar surface area (TPSA) is 69.9 Å². The van der Waals surface area contributed by atoms with E-state index in [9.17, 15) is 4.79 Å². The van der Waals surface area contributed by atoms with E-state index >= 15 is 0 Å². The van der Waals surface area contributed by atoms with Crippen molar-refractivity contribution < 1.29 is 15.1 Å². The molecular formula is C10H10NO3P. The van der Waals surface area contributed by atoms with Crippen LogP contribution in [0, 0.1) is 5.92 Å². The van der Waals surface area contributed by atoms with Crippen LogP contribution in [0.25, 0.3) is 0 Å². The molecule has 4 unspecified atom stereocenters. The number of allylic oxidation sites excluding steroid dienone is 2. The molecule has 5 heteroatoms. The summed E-state index contributed by atoms with van der Waals surface area (Å²) < 4.78 is 0. The third-order valence-corrected chi connectivity index (χ3v) is 6.35. The molecule has 4 nitrogen and oxygen atoms in total. The largest absolute Gasteiger partial charge is 0.478 e. The highest BCUT2D eigenvalue weighted by Gasteiger charge is 2.51. The van der Waals surface area contributed by atoms with Crippen molar-refractivity contribution >= 4 is 19.6 Å². The molecule has 3 rings (SSSR count). The van der Waals surface area contributed by atoms with Gasteiger partial charge in [0.2, 0.25) is 0 Å². The number of rotatable bonds is 1. The van der Waals surface area contributed by atoms with Gasteiger partial charge in [0.25, 0.3) is 0 Å². The molecule has 0 aromatic rings. The molecule has 0 amide bonds. The summed E-state index contributed by atoms with van der Waals surface area (Å²) in [7, 11) is -0.444. The number of hydrogen-bond acceptors (Lipinski definition) is 3. The van der Waals surface area contributed by atoms with E-state index in [-0.39, 0.29) is 11.2 Å². The minimum atomic E-state index is -0.973. The molecule has 2 heterocycles. The molecule has 4 atom stereocenters. The van der Waals surface area contributed by atoms with Gasteiger partial charge in [0.15, 0.2) is 0 Å². The molecule has 0 aromatic carbocycles. The Morgan fingerprint density at radius 1 is 1.53 bits per heavy atom. The molecule has 1 fully saturated rings. The highest BCUT2D eigenvalue weighted by molar-refractivity contribution is 7.65. The van der Waals surface area contributed by atoms with Crippen molar-refractivity contribution in [1.29, 1.82) is 0 Å². The predicted molar refractivity (Wildman–Crippen MR) is 56.7 cm³/mol. The van der Waals surface area contributed by atoms with Gasteiger partial charge in [-0.15, -0.1) is 0 Å². The Morgan fingerprint density at radius 2 is 2.33 bits per heavy atom. The van der Waals surface area contributed by atoms with Gasteiger partial charge < -0.3 is 10.3 Å². The van der Waals surface area contributed by atoms with Crippen LogP contribution in [0.4, 0.5) is 0 Å². The first-order valence-corrected chi connectivity index (χ1v) is 6.40. The minimum absolute atomic E-state index is 0.158. The van der Waals surface area contributed by atoms with E-state index in [1.54, 1.807) is 0 Å². The molecule has 0 aromatic heterocycles. The molecule has 15 heavy (non-hydrogen) atoms. The highest BCUT2D eigenvalue weighted by Crippen LogP contribution is 2.67.